The second-order valence-corrected chi connectivity index (χ2v) is 8.84. The third-order valence-electron chi connectivity index (χ3n) is 6.54. The number of rotatable bonds is 5. The summed E-state index contributed by atoms with van der Waals surface area (Å²) in [6.45, 7) is 5.49. The van der Waals surface area contributed by atoms with E-state index in [2.05, 4.69) is 29.2 Å². The van der Waals surface area contributed by atoms with E-state index in [0.29, 0.717) is 40.9 Å². The van der Waals surface area contributed by atoms with Crippen molar-refractivity contribution in [2.45, 2.75) is 6.92 Å². The predicted octanol–water partition coefficient (Wildman–Crippen LogP) is 5.24. The van der Waals surface area contributed by atoms with E-state index in [9.17, 15) is 9.59 Å². The van der Waals surface area contributed by atoms with Gasteiger partial charge in [-0.05, 0) is 24.6 Å². The summed E-state index contributed by atoms with van der Waals surface area (Å²) in [5.74, 6) is 0.416. The molecular formula is C30H28N2O3. The number of nitrogens with zero attached hydrogens (tertiary/aromatic N) is 2. The second kappa shape index (κ2) is 10.1. The number of amides is 1. The Hall–Kier alpha value is -3.96. The summed E-state index contributed by atoms with van der Waals surface area (Å²) in [4.78, 5) is 30.8. The van der Waals surface area contributed by atoms with Gasteiger partial charge >= 0.3 is 0 Å². The molecule has 0 atom stereocenters. The first-order chi connectivity index (χ1) is 17.1. The van der Waals surface area contributed by atoms with Crippen LogP contribution >= 0.6 is 0 Å². The largest absolute Gasteiger partial charge is 0.455 e. The van der Waals surface area contributed by atoms with Crippen LogP contribution < -0.4 is 5.43 Å². The van der Waals surface area contributed by atoms with Crippen LogP contribution in [0.3, 0.4) is 0 Å². The SMILES string of the molecule is Cc1c(-c2ccccc2)oc2c(C(=O)N3CCN(C/C=C/c4ccccc4)CC3)cccc2c1=O. The molecule has 1 amide bonds. The van der Waals surface area contributed by atoms with Crippen molar-refractivity contribution >= 4 is 23.0 Å². The van der Waals surface area contributed by atoms with E-state index in [4.69, 9.17) is 4.42 Å². The Bertz CT molecular complexity index is 1420. The zero-order chi connectivity index (χ0) is 24.2. The highest BCUT2D eigenvalue weighted by molar-refractivity contribution is 6.05. The van der Waals surface area contributed by atoms with Gasteiger partial charge in [-0.25, -0.2) is 0 Å². The van der Waals surface area contributed by atoms with E-state index in [1.165, 1.54) is 5.56 Å². The second-order valence-electron chi connectivity index (χ2n) is 8.84. The first kappa shape index (κ1) is 22.8. The third kappa shape index (κ3) is 4.81. The van der Waals surface area contributed by atoms with Crippen LogP contribution in [-0.2, 0) is 0 Å². The molecule has 0 saturated carbocycles. The molecule has 2 heterocycles. The van der Waals surface area contributed by atoms with Gasteiger partial charge in [0.2, 0.25) is 0 Å². The Morgan fingerprint density at radius 3 is 2.29 bits per heavy atom. The highest BCUT2D eigenvalue weighted by Crippen LogP contribution is 2.28. The first-order valence-electron chi connectivity index (χ1n) is 12.0. The van der Waals surface area contributed by atoms with Crippen molar-refractivity contribution < 1.29 is 9.21 Å². The molecular weight excluding hydrogens is 436 g/mol. The minimum Gasteiger partial charge on any atom is -0.455 e. The molecule has 4 aromatic rings. The van der Waals surface area contributed by atoms with Gasteiger partial charge in [-0.2, -0.15) is 0 Å². The summed E-state index contributed by atoms with van der Waals surface area (Å²) >= 11 is 0. The summed E-state index contributed by atoms with van der Waals surface area (Å²) < 4.78 is 6.25. The van der Waals surface area contributed by atoms with Crippen LogP contribution in [0.2, 0.25) is 0 Å². The zero-order valence-electron chi connectivity index (χ0n) is 19.8. The molecule has 5 heteroatoms. The van der Waals surface area contributed by atoms with Crippen molar-refractivity contribution in [3.63, 3.8) is 0 Å². The minimum atomic E-state index is -0.102. The smallest absolute Gasteiger partial charge is 0.257 e. The summed E-state index contributed by atoms with van der Waals surface area (Å²) in [5, 5.41) is 0.442. The number of hydrogen-bond donors (Lipinski definition) is 0. The normalized spacial score (nSPS) is 14.6. The van der Waals surface area contributed by atoms with E-state index >= 15 is 0 Å². The number of benzene rings is 3. The van der Waals surface area contributed by atoms with Gasteiger partial charge in [-0.1, -0.05) is 78.9 Å². The Morgan fingerprint density at radius 2 is 1.57 bits per heavy atom. The van der Waals surface area contributed by atoms with Crippen molar-refractivity contribution in [2.75, 3.05) is 32.7 Å². The van der Waals surface area contributed by atoms with E-state index in [1.807, 2.05) is 53.4 Å². The van der Waals surface area contributed by atoms with Gasteiger partial charge < -0.3 is 9.32 Å². The standard InChI is InChI=1S/C30H28N2O3/c1-22-27(33)25-15-8-16-26(29(25)35-28(22)24-13-6-3-7-14-24)30(34)32-20-18-31(19-21-32)17-9-12-23-10-4-2-5-11-23/h2-16H,17-21H2,1H3/b12-9+. The maximum absolute atomic E-state index is 13.5. The Labute approximate surface area is 204 Å². The van der Waals surface area contributed by atoms with E-state index in [-0.39, 0.29) is 11.3 Å². The fourth-order valence-corrected chi connectivity index (χ4v) is 4.55. The summed E-state index contributed by atoms with van der Waals surface area (Å²) in [6, 6.07) is 25.0. The molecule has 0 spiro atoms. The average Bonchev–Trinajstić information content (AvgIpc) is 2.91. The highest BCUT2D eigenvalue weighted by Gasteiger charge is 2.25. The van der Waals surface area contributed by atoms with Crippen molar-refractivity contribution in [2.24, 2.45) is 0 Å². The van der Waals surface area contributed by atoms with Crippen LogP contribution in [0.4, 0.5) is 0 Å². The van der Waals surface area contributed by atoms with Crippen molar-refractivity contribution in [3.05, 3.63) is 112 Å². The topological polar surface area (TPSA) is 53.8 Å². The quantitative estimate of drug-likeness (QED) is 0.405. The molecule has 0 aliphatic carbocycles. The fourth-order valence-electron chi connectivity index (χ4n) is 4.55. The number of fused-ring (bicyclic) bond motifs is 1. The molecule has 176 valence electrons. The van der Waals surface area contributed by atoms with Crippen molar-refractivity contribution in [3.8, 4) is 11.3 Å². The summed E-state index contributed by atoms with van der Waals surface area (Å²) in [7, 11) is 0. The van der Waals surface area contributed by atoms with Crippen LogP contribution in [0.15, 0.2) is 94.2 Å². The maximum Gasteiger partial charge on any atom is 0.257 e. The summed E-state index contributed by atoms with van der Waals surface area (Å²) in [6.07, 6.45) is 4.29. The molecule has 0 unspecified atom stereocenters. The lowest BCUT2D eigenvalue weighted by atomic mass is 10.0. The van der Waals surface area contributed by atoms with E-state index in [0.717, 1.165) is 25.2 Å². The van der Waals surface area contributed by atoms with Gasteiger partial charge in [0.15, 0.2) is 11.0 Å². The minimum absolute atomic E-state index is 0.0962. The molecule has 1 aliphatic rings. The van der Waals surface area contributed by atoms with Gasteiger partial charge in [-0.3, -0.25) is 14.5 Å². The number of carbonyl (C=O) groups excluding carboxylic acids is 1. The average molecular weight is 465 g/mol. The fraction of sp³-hybridized carbons (Fsp3) is 0.200. The Balaban J connectivity index is 1.34. The van der Waals surface area contributed by atoms with Gasteiger partial charge in [0.1, 0.15) is 5.76 Å². The van der Waals surface area contributed by atoms with Crippen LogP contribution in [0.1, 0.15) is 21.5 Å². The van der Waals surface area contributed by atoms with Crippen LogP contribution in [0.25, 0.3) is 28.4 Å². The first-order valence-corrected chi connectivity index (χ1v) is 12.0. The Kier molecular flexibility index (Phi) is 6.59. The predicted molar refractivity (Wildman–Crippen MR) is 140 cm³/mol. The third-order valence-corrected chi connectivity index (χ3v) is 6.54. The molecule has 5 nitrogen and oxygen atoms in total. The zero-order valence-corrected chi connectivity index (χ0v) is 19.8. The molecule has 0 radical (unpaired) electrons. The highest BCUT2D eigenvalue weighted by atomic mass is 16.3. The summed E-state index contributed by atoms with van der Waals surface area (Å²) in [5.41, 5.74) is 3.25. The van der Waals surface area contributed by atoms with Gasteiger partial charge in [0, 0.05) is 43.9 Å². The number of carbonyl (C=O) groups is 1. The van der Waals surface area contributed by atoms with Gasteiger partial charge in [0.05, 0.1) is 10.9 Å². The van der Waals surface area contributed by atoms with E-state index in [1.54, 1.807) is 25.1 Å². The molecule has 1 saturated heterocycles. The molecule has 0 N–H and O–H groups in total. The lowest BCUT2D eigenvalue weighted by Gasteiger charge is -2.34. The lowest BCUT2D eigenvalue weighted by molar-refractivity contribution is 0.0651. The molecule has 3 aromatic carbocycles. The van der Waals surface area contributed by atoms with Crippen LogP contribution in [0, 0.1) is 6.92 Å². The molecule has 1 aliphatic heterocycles. The van der Waals surface area contributed by atoms with Crippen LogP contribution in [-0.4, -0.2) is 48.4 Å². The molecule has 35 heavy (non-hydrogen) atoms. The van der Waals surface area contributed by atoms with Crippen molar-refractivity contribution in [1.82, 2.24) is 9.80 Å². The van der Waals surface area contributed by atoms with Gasteiger partial charge in [0.25, 0.3) is 5.91 Å². The lowest BCUT2D eigenvalue weighted by Crippen LogP contribution is -2.48. The van der Waals surface area contributed by atoms with Gasteiger partial charge in [-0.15, -0.1) is 0 Å². The molecule has 5 rings (SSSR count). The van der Waals surface area contributed by atoms with Crippen molar-refractivity contribution in [1.29, 1.82) is 0 Å². The molecule has 1 aromatic heterocycles. The monoisotopic (exact) mass is 464 g/mol. The molecule has 0 bridgehead atoms. The number of para-hydroxylation sites is 1. The van der Waals surface area contributed by atoms with E-state index < -0.39 is 0 Å². The number of piperazine rings is 1. The maximum atomic E-state index is 13.5. The molecule has 1 fully saturated rings. The Morgan fingerprint density at radius 1 is 0.886 bits per heavy atom. The van der Waals surface area contributed by atoms with Crippen LogP contribution in [0.5, 0.6) is 0 Å². The number of hydrogen-bond acceptors (Lipinski definition) is 4.